The SMILES string of the molecule is Cc1ccnc(Nc2cccc(-c3cnc(N(C[C@H]4CC[C@H](C(=O)O)CC4)C(C)C)s3)n2)c1. The van der Waals surface area contributed by atoms with Crippen molar-refractivity contribution < 1.29 is 9.90 Å². The fraction of sp³-hybridized carbons (Fsp3) is 0.440. The van der Waals surface area contributed by atoms with Gasteiger partial charge < -0.3 is 15.3 Å². The number of thiazole rings is 1. The minimum absolute atomic E-state index is 0.179. The van der Waals surface area contributed by atoms with E-state index in [1.807, 2.05) is 43.5 Å². The summed E-state index contributed by atoms with van der Waals surface area (Å²) < 4.78 is 0. The molecule has 3 heterocycles. The average Bonchev–Trinajstić information content (AvgIpc) is 3.28. The summed E-state index contributed by atoms with van der Waals surface area (Å²) in [6, 6.07) is 10.2. The predicted octanol–water partition coefficient (Wildman–Crippen LogP) is 5.76. The van der Waals surface area contributed by atoms with Crippen LogP contribution in [-0.4, -0.2) is 38.6 Å². The highest BCUT2D eigenvalue weighted by Gasteiger charge is 2.28. The molecule has 2 N–H and O–H groups in total. The molecule has 174 valence electrons. The first-order valence-electron chi connectivity index (χ1n) is 11.5. The van der Waals surface area contributed by atoms with E-state index >= 15 is 0 Å². The summed E-state index contributed by atoms with van der Waals surface area (Å²) in [5.41, 5.74) is 2.02. The molecular weight excluding hydrogens is 434 g/mol. The van der Waals surface area contributed by atoms with Crippen molar-refractivity contribution in [1.29, 1.82) is 0 Å². The van der Waals surface area contributed by atoms with Gasteiger partial charge >= 0.3 is 5.97 Å². The highest BCUT2D eigenvalue weighted by Crippen LogP contribution is 2.35. The van der Waals surface area contributed by atoms with Gasteiger partial charge in [0.2, 0.25) is 0 Å². The van der Waals surface area contributed by atoms with E-state index in [4.69, 9.17) is 9.97 Å². The van der Waals surface area contributed by atoms with Gasteiger partial charge in [0.05, 0.1) is 16.5 Å². The van der Waals surface area contributed by atoms with Gasteiger partial charge in [-0.15, -0.1) is 0 Å². The summed E-state index contributed by atoms with van der Waals surface area (Å²) >= 11 is 1.65. The molecular formula is C25H31N5O2S. The molecule has 0 amide bonds. The van der Waals surface area contributed by atoms with Gasteiger partial charge in [0.25, 0.3) is 0 Å². The third-order valence-corrected chi connectivity index (χ3v) is 7.24. The van der Waals surface area contributed by atoms with Gasteiger partial charge in [-0.25, -0.2) is 15.0 Å². The Morgan fingerprint density at radius 2 is 1.97 bits per heavy atom. The van der Waals surface area contributed by atoms with Gasteiger partial charge in [-0.3, -0.25) is 4.79 Å². The number of carboxylic acids is 1. The number of hydrogen-bond donors (Lipinski definition) is 2. The number of nitrogens with zero attached hydrogens (tertiary/aromatic N) is 4. The third-order valence-electron chi connectivity index (χ3n) is 6.19. The number of carbonyl (C=O) groups is 1. The van der Waals surface area contributed by atoms with Crippen LogP contribution in [0.5, 0.6) is 0 Å². The smallest absolute Gasteiger partial charge is 0.306 e. The van der Waals surface area contributed by atoms with E-state index in [-0.39, 0.29) is 5.92 Å². The molecule has 4 rings (SSSR count). The summed E-state index contributed by atoms with van der Waals surface area (Å²) in [5, 5.41) is 13.5. The second-order valence-electron chi connectivity index (χ2n) is 9.06. The second kappa shape index (κ2) is 10.3. The number of aromatic nitrogens is 3. The Morgan fingerprint density at radius 1 is 1.18 bits per heavy atom. The number of aryl methyl sites for hydroxylation is 1. The number of anilines is 3. The molecule has 8 heteroatoms. The van der Waals surface area contributed by atoms with Crippen LogP contribution in [-0.2, 0) is 4.79 Å². The number of pyridine rings is 2. The molecule has 3 aromatic heterocycles. The molecule has 0 saturated heterocycles. The Kier molecular flexibility index (Phi) is 7.23. The van der Waals surface area contributed by atoms with Crippen LogP contribution in [0, 0.1) is 18.8 Å². The molecule has 0 atom stereocenters. The van der Waals surface area contributed by atoms with Gasteiger partial charge in [-0.2, -0.15) is 0 Å². The number of nitrogens with one attached hydrogen (secondary N) is 1. The maximum Gasteiger partial charge on any atom is 0.306 e. The fourth-order valence-electron chi connectivity index (χ4n) is 4.27. The molecule has 0 aromatic carbocycles. The number of hydrogen-bond acceptors (Lipinski definition) is 7. The summed E-state index contributed by atoms with van der Waals surface area (Å²) in [7, 11) is 0. The van der Waals surface area contributed by atoms with Crippen LogP contribution in [0.25, 0.3) is 10.6 Å². The molecule has 0 radical (unpaired) electrons. The highest BCUT2D eigenvalue weighted by atomic mass is 32.1. The Balaban J connectivity index is 1.46. The topological polar surface area (TPSA) is 91.2 Å². The van der Waals surface area contributed by atoms with Crippen LogP contribution in [0.3, 0.4) is 0 Å². The quantitative estimate of drug-likeness (QED) is 0.437. The van der Waals surface area contributed by atoms with Crippen molar-refractivity contribution in [3.63, 3.8) is 0 Å². The molecule has 1 aliphatic carbocycles. The summed E-state index contributed by atoms with van der Waals surface area (Å²) in [6.45, 7) is 7.31. The molecule has 0 aliphatic heterocycles. The van der Waals surface area contributed by atoms with E-state index in [1.165, 1.54) is 0 Å². The first kappa shape index (κ1) is 23.2. The van der Waals surface area contributed by atoms with E-state index in [0.29, 0.717) is 12.0 Å². The van der Waals surface area contributed by atoms with Gasteiger partial charge in [0.1, 0.15) is 11.6 Å². The summed E-state index contributed by atoms with van der Waals surface area (Å²) in [5.74, 6) is 1.19. The monoisotopic (exact) mass is 465 g/mol. The highest BCUT2D eigenvalue weighted by molar-refractivity contribution is 7.18. The first-order valence-corrected chi connectivity index (χ1v) is 12.3. The van der Waals surface area contributed by atoms with Gasteiger partial charge in [0.15, 0.2) is 5.13 Å². The van der Waals surface area contributed by atoms with Crippen LogP contribution >= 0.6 is 11.3 Å². The molecule has 1 aliphatic rings. The fourth-order valence-corrected chi connectivity index (χ4v) is 5.30. The minimum atomic E-state index is -0.652. The zero-order valence-electron chi connectivity index (χ0n) is 19.4. The van der Waals surface area contributed by atoms with Gasteiger partial charge in [-0.1, -0.05) is 17.4 Å². The van der Waals surface area contributed by atoms with Crippen LogP contribution in [0.15, 0.2) is 42.7 Å². The van der Waals surface area contributed by atoms with E-state index in [1.54, 1.807) is 17.5 Å². The molecule has 0 spiro atoms. The normalized spacial score (nSPS) is 18.3. The molecule has 7 nitrogen and oxygen atoms in total. The van der Waals surface area contributed by atoms with Crippen molar-refractivity contribution >= 4 is 34.1 Å². The van der Waals surface area contributed by atoms with Crippen molar-refractivity contribution in [3.05, 3.63) is 48.3 Å². The Hall–Kier alpha value is -3.00. The lowest BCUT2D eigenvalue weighted by molar-refractivity contribution is -0.143. The minimum Gasteiger partial charge on any atom is -0.481 e. The summed E-state index contributed by atoms with van der Waals surface area (Å²) in [6.07, 6.45) is 7.14. The molecule has 0 bridgehead atoms. The molecule has 1 saturated carbocycles. The lowest BCUT2D eigenvalue weighted by Gasteiger charge is -2.33. The lowest BCUT2D eigenvalue weighted by Crippen LogP contribution is -2.37. The van der Waals surface area contributed by atoms with Crippen molar-refractivity contribution in [1.82, 2.24) is 15.0 Å². The average molecular weight is 466 g/mol. The van der Waals surface area contributed by atoms with Crippen LogP contribution in [0.1, 0.15) is 45.1 Å². The van der Waals surface area contributed by atoms with Crippen LogP contribution in [0.2, 0.25) is 0 Å². The standard InChI is InChI=1S/C25H31N5O2S/c1-16(2)30(15-18-7-9-19(10-8-18)24(31)32)25-27-14-21(33-25)20-5-4-6-22(28-20)29-23-13-17(3)11-12-26-23/h4-6,11-14,16,18-19H,7-10,15H2,1-3H3,(H,31,32)(H,26,28,29)/t18-,19-. The number of aliphatic carboxylic acids is 1. The van der Waals surface area contributed by atoms with Crippen LogP contribution in [0.4, 0.5) is 16.8 Å². The van der Waals surface area contributed by atoms with Crippen molar-refractivity contribution in [2.24, 2.45) is 11.8 Å². The van der Waals surface area contributed by atoms with E-state index in [2.05, 4.69) is 29.0 Å². The Morgan fingerprint density at radius 3 is 2.67 bits per heavy atom. The van der Waals surface area contributed by atoms with Crippen LogP contribution < -0.4 is 10.2 Å². The van der Waals surface area contributed by atoms with Crippen molar-refractivity contribution in [3.8, 4) is 10.6 Å². The van der Waals surface area contributed by atoms with E-state index in [9.17, 15) is 9.90 Å². The summed E-state index contributed by atoms with van der Waals surface area (Å²) in [4.78, 5) is 28.5. The number of rotatable bonds is 8. The predicted molar refractivity (Wildman–Crippen MR) is 133 cm³/mol. The maximum atomic E-state index is 11.3. The largest absolute Gasteiger partial charge is 0.481 e. The first-order chi connectivity index (χ1) is 15.9. The van der Waals surface area contributed by atoms with Crippen molar-refractivity contribution in [2.45, 2.75) is 52.5 Å². The Bertz CT molecular complexity index is 1090. The number of carboxylic acid groups (broad SMARTS) is 1. The zero-order chi connectivity index (χ0) is 23.4. The molecule has 3 aromatic rings. The third kappa shape index (κ3) is 5.87. The zero-order valence-corrected chi connectivity index (χ0v) is 20.2. The maximum absolute atomic E-state index is 11.3. The van der Waals surface area contributed by atoms with Gasteiger partial charge in [-0.05, 0) is 82.2 Å². The molecule has 33 heavy (non-hydrogen) atoms. The second-order valence-corrected chi connectivity index (χ2v) is 10.1. The van der Waals surface area contributed by atoms with Crippen molar-refractivity contribution in [2.75, 3.05) is 16.8 Å². The Labute approximate surface area is 198 Å². The van der Waals surface area contributed by atoms with Gasteiger partial charge in [0, 0.05) is 25.0 Å². The van der Waals surface area contributed by atoms with E-state index in [0.717, 1.165) is 65.1 Å². The molecule has 0 unspecified atom stereocenters. The van der Waals surface area contributed by atoms with E-state index < -0.39 is 5.97 Å². The lowest BCUT2D eigenvalue weighted by atomic mass is 9.82. The molecule has 1 fully saturated rings.